The van der Waals surface area contributed by atoms with E-state index in [9.17, 15) is 4.79 Å². The first-order valence-electron chi connectivity index (χ1n) is 8.00. The maximum atomic E-state index is 12.0. The molecule has 128 valence electrons. The van der Waals surface area contributed by atoms with Crippen LogP contribution in [0.4, 0.5) is 0 Å². The second kappa shape index (κ2) is 8.39. The van der Waals surface area contributed by atoms with Gasteiger partial charge in [0.05, 0.1) is 25.0 Å². The van der Waals surface area contributed by atoms with Gasteiger partial charge in [-0.2, -0.15) is 0 Å². The summed E-state index contributed by atoms with van der Waals surface area (Å²) in [4.78, 5) is 20.8. The van der Waals surface area contributed by atoms with E-state index in [1.165, 1.54) is 11.3 Å². The summed E-state index contributed by atoms with van der Waals surface area (Å²) in [6, 6.07) is 13.5. The molecule has 2 heterocycles. The molecule has 0 aliphatic carbocycles. The zero-order valence-corrected chi connectivity index (χ0v) is 14.8. The average Bonchev–Trinajstić information content (AvgIpc) is 3.15. The minimum Gasteiger partial charge on any atom is -0.497 e. The van der Waals surface area contributed by atoms with Crippen LogP contribution >= 0.6 is 11.3 Å². The van der Waals surface area contributed by atoms with E-state index in [0.29, 0.717) is 19.4 Å². The van der Waals surface area contributed by atoms with E-state index in [-0.39, 0.29) is 5.91 Å². The Kier molecular flexibility index (Phi) is 5.74. The van der Waals surface area contributed by atoms with Crippen LogP contribution in [0.15, 0.2) is 54.0 Å². The van der Waals surface area contributed by atoms with Crippen LogP contribution in [0.2, 0.25) is 0 Å². The van der Waals surface area contributed by atoms with Gasteiger partial charge in [0.15, 0.2) is 0 Å². The Labute approximate surface area is 150 Å². The number of benzene rings is 1. The quantitative estimate of drug-likeness (QED) is 0.706. The van der Waals surface area contributed by atoms with Crippen LogP contribution in [0.5, 0.6) is 5.75 Å². The molecule has 0 saturated carbocycles. The SMILES string of the molecule is COc1ccc(CCC(=O)NCc2nc(-c3ccccn3)cs2)cc1. The molecule has 0 unspecified atom stereocenters. The van der Waals surface area contributed by atoms with Gasteiger partial charge in [-0.15, -0.1) is 11.3 Å². The number of aromatic nitrogens is 2. The smallest absolute Gasteiger partial charge is 0.220 e. The molecular formula is C19H19N3O2S. The Morgan fingerprint density at radius 1 is 1.16 bits per heavy atom. The number of carbonyl (C=O) groups is 1. The van der Waals surface area contributed by atoms with Gasteiger partial charge in [0, 0.05) is 18.0 Å². The number of hydrogen-bond donors (Lipinski definition) is 1. The summed E-state index contributed by atoms with van der Waals surface area (Å²) in [5.41, 5.74) is 2.80. The molecule has 0 aliphatic heterocycles. The van der Waals surface area contributed by atoms with Crippen molar-refractivity contribution >= 4 is 17.2 Å². The minimum atomic E-state index is 0.0189. The van der Waals surface area contributed by atoms with Gasteiger partial charge >= 0.3 is 0 Å². The molecule has 0 aliphatic rings. The van der Waals surface area contributed by atoms with Crippen LogP contribution in [0.1, 0.15) is 17.0 Å². The predicted molar refractivity (Wildman–Crippen MR) is 98.5 cm³/mol. The number of amides is 1. The molecule has 3 aromatic rings. The molecule has 1 aromatic carbocycles. The Balaban J connectivity index is 1.46. The van der Waals surface area contributed by atoms with Gasteiger partial charge in [-0.3, -0.25) is 9.78 Å². The molecule has 1 N–H and O–H groups in total. The fraction of sp³-hybridized carbons (Fsp3) is 0.211. The van der Waals surface area contributed by atoms with Crippen molar-refractivity contribution in [1.29, 1.82) is 0 Å². The van der Waals surface area contributed by atoms with Crippen molar-refractivity contribution in [2.24, 2.45) is 0 Å². The molecular weight excluding hydrogens is 334 g/mol. The number of thiazole rings is 1. The van der Waals surface area contributed by atoms with Gasteiger partial charge < -0.3 is 10.1 Å². The Morgan fingerprint density at radius 2 is 2.00 bits per heavy atom. The monoisotopic (exact) mass is 353 g/mol. The lowest BCUT2D eigenvalue weighted by Gasteiger charge is -2.05. The lowest BCUT2D eigenvalue weighted by Crippen LogP contribution is -2.22. The van der Waals surface area contributed by atoms with Gasteiger partial charge in [-0.05, 0) is 36.2 Å². The average molecular weight is 353 g/mol. The maximum Gasteiger partial charge on any atom is 0.220 e. The number of aryl methyl sites for hydroxylation is 1. The largest absolute Gasteiger partial charge is 0.497 e. The van der Waals surface area contributed by atoms with Crippen molar-refractivity contribution in [2.45, 2.75) is 19.4 Å². The molecule has 2 aromatic heterocycles. The van der Waals surface area contributed by atoms with Crippen molar-refractivity contribution in [3.63, 3.8) is 0 Å². The van der Waals surface area contributed by atoms with Crippen molar-refractivity contribution in [3.8, 4) is 17.1 Å². The number of ether oxygens (including phenoxy) is 1. The summed E-state index contributed by atoms with van der Waals surface area (Å²) in [6.07, 6.45) is 2.90. The number of hydrogen-bond acceptors (Lipinski definition) is 5. The highest BCUT2D eigenvalue weighted by molar-refractivity contribution is 7.09. The normalized spacial score (nSPS) is 10.4. The molecule has 25 heavy (non-hydrogen) atoms. The van der Waals surface area contributed by atoms with Crippen molar-refractivity contribution in [2.75, 3.05) is 7.11 Å². The third kappa shape index (κ3) is 4.87. The van der Waals surface area contributed by atoms with Gasteiger partial charge in [0.1, 0.15) is 10.8 Å². The summed E-state index contributed by atoms with van der Waals surface area (Å²) < 4.78 is 5.13. The molecule has 0 radical (unpaired) electrons. The summed E-state index contributed by atoms with van der Waals surface area (Å²) >= 11 is 1.53. The molecule has 1 amide bonds. The van der Waals surface area contributed by atoms with Gasteiger partial charge in [-0.25, -0.2) is 4.98 Å². The van der Waals surface area contributed by atoms with E-state index in [4.69, 9.17) is 4.74 Å². The standard InChI is InChI=1S/C19H19N3O2S/c1-24-15-8-5-14(6-9-15)7-10-18(23)21-12-19-22-17(13-25-19)16-4-2-3-11-20-16/h2-6,8-9,11,13H,7,10,12H2,1H3,(H,21,23). The van der Waals surface area contributed by atoms with Crippen LogP contribution in [-0.4, -0.2) is 23.0 Å². The predicted octanol–water partition coefficient (Wildman–Crippen LogP) is 3.46. The van der Waals surface area contributed by atoms with Crippen LogP contribution in [0.3, 0.4) is 0 Å². The second-order valence-electron chi connectivity index (χ2n) is 5.47. The van der Waals surface area contributed by atoms with Gasteiger partial charge in [-0.1, -0.05) is 18.2 Å². The molecule has 0 spiro atoms. The third-order valence-electron chi connectivity index (χ3n) is 3.72. The Morgan fingerprint density at radius 3 is 2.72 bits per heavy atom. The number of nitrogens with one attached hydrogen (secondary N) is 1. The maximum absolute atomic E-state index is 12.0. The Hall–Kier alpha value is -2.73. The number of rotatable bonds is 7. The van der Waals surface area contributed by atoms with Crippen molar-refractivity contribution in [3.05, 3.63) is 64.6 Å². The summed E-state index contributed by atoms with van der Waals surface area (Å²) in [7, 11) is 1.64. The van der Waals surface area contributed by atoms with Crippen LogP contribution in [0.25, 0.3) is 11.4 Å². The third-order valence-corrected chi connectivity index (χ3v) is 4.56. The lowest BCUT2D eigenvalue weighted by molar-refractivity contribution is -0.121. The summed E-state index contributed by atoms with van der Waals surface area (Å²) in [5, 5.41) is 5.75. The number of pyridine rings is 1. The zero-order chi connectivity index (χ0) is 17.5. The van der Waals surface area contributed by atoms with Gasteiger partial charge in [0.25, 0.3) is 0 Å². The molecule has 3 rings (SSSR count). The van der Waals surface area contributed by atoms with E-state index in [2.05, 4.69) is 15.3 Å². The topological polar surface area (TPSA) is 64.1 Å². The number of nitrogens with zero attached hydrogens (tertiary/aromatic N) is 2. The lowest BCUT2D eigenvalue weighted by atomic mass is 10.1. The van der Waals surface area contributed by atoms with E-state index < -0.39 is 0 Å². The van der Waals surface area contributed by atoms with E-state index in [1.54, 1.807) is 13.3 Å². The molecule has 6 heteroatoms. The van der Waals surface area contributed by atoms with E-state index in [1.807, 2.05) is 47.8 Å². The Bertz CT molecular complexity index is 816. The summed E-state index contributed by atoms with van der Waals surface area (Å²) in [6.45, 7) is 0.443. The van der Waals surface area contributed by atoms with E-state index in [0.717, 1.165) is 27.7 Å². The van der Waals surface area contributed by atoms with Crippen LogP contribution in [-0.2, 0) is 17.8 Å². The summed E-state index contributed by atoms with van der Waals surface area (Å²) in [5.74, 6) is 0.839. The number of methoxy groups -OCH3 is 1. The highest BCUT2D eigenvalue weighted by Crippen LogP contribution is 2.19. The number of carbonyl (C=O) groups excluding carboxylic acids is 1. The molecule has 0 bridgehead atoms. The molecule has 0 saturated heterocycles. The van der Waals surface area contributed by atoms with Crippen molar-refractivity contribution in [1.82, 2.24) is 15.3 Å². The first-order chi connectivity index (χ1) is 12.2. The highest BCUT2D eigenvalue weighted by atomic mass is 32.1. The zero-order valence-electron chi connectivity index (χ0n) is 13.9. The fourth-order valence-corrected chi connectivity index (χ4v) is 3.06. The van der Waals surface area contributed by atoms with Crippen LogP contribution in [0, 0.1) is 0 Å². The molecule has 5 nitrogen and oxygen atoms in total. The van der Waals surface area contributed by atoms with Gasteiger partial charge in [0.2, 0.25) is 5.91 Å². The first kappa shape index (κ1) is 17.1. The first-order valence-corrected chi connectivity index (χ1v) is 8.88. The van der Waals surface area contributed by atoms with Crippen LogP contribution < -0.4 is 10.1 Å². The molecule has 0 fully saturated rings. The fourth-order valence-electron chi connectivity index (χ4n) is 2.34. The molecule has 0 atom stereocenters. The van der Waals surface area contributed by atoms with E-state index >= 15 is 0 Å². The minimum absolute atomic E-state index is 0.0189. The second-order valence-corrected chi connectivity index (χ2v) is 6.41. The highest BCUT2D eigenvalue weighted by Gasteiger charge is 2.07. The van der Waals surface area contributed by atoms with Crippen molar-refractivity contribution < 1.29 is 9.53 Å².